The van der Waals surface area contributed by atoms with E-state index in [2.05, 4.69) is 42.8 Å². The summed E-state index contributed by atoms with van der Waals surface area (Å²) in [5, 5.41) is 0. The van der Waals surface area contributed by atoms with Crippen molar-refractivity contribution in [2.45, 2.75) is 84.0 Å². The molecule has 0 heterocycles. The van der Waals surface area contributed by atoms with Gasteiger partial charge in [-0.15, -0.1) is 9.24 Å². The smallest absolute Gasteiger partial charge is 0.0755 e. The van der Waals surface area contributed by atoms with Crippen LogP contribution in [0.5, 0.6) is 0 Å². The average molecular weight is 402 g/mol. The zero-order chi connectivity index (χ0) is 19.3. The molecule has 0 saturated carbocycles. The van der Waals surface area contributed by atoms with Gasteiger partial charge in [0.05, 0.1) is 8.60 Å². The molecule has 0 aliphatic carbocycles. The third kappa shape index (κ3) is 65.7. The van der Waals surface area contributed by atoms with Crippen LogP contribution in [0.2, 0.25) is 0 Å². The summed E-state index contributed by atoms with van der Waals surface area (Å²) in [5.41, 5.74) is 0. The Hall–Kier alpha value is 1.17. The van der Waals surface area contributed by atoms with Gasteiger partial charge in [-0.05, 0) is 12.6 Å². The molecule has 1 unspecified atom stereocenters. The Morgan fingerprint density at radius 3 is 1.12 bits per heavy atom. The fourth-order valence-corrected chi connectivity index (χ4v) is 2.27. The highest BCUT2D eigenvalue weighted by atomic mass is 31.2. The summed E-state index contributed by atoms with van der Waals surface area (Å²) in [6.07, 6.45) is 18.7. The maximum atomic E-state index is 8.70. The lowest BCUT2D eigenvalue weighted by atomic mass is 10.1. The average Bonchev–Trinajstić information content (AvgIpc) is 2.42. The molecule has 0 bridgehead atoms. The minimum Gasteiger partial charge on any atom is -0.786 e. The van der Waals surface area contributed by atoms with Crippen LogP contribution < -0.4 is 4.89 Å². The van der Waals surface area contributed by atoms with Crippen LogP contribution in [0, 0.1) is 0 Å². The quantitative estimate of drug-likeness (QED) is 0.328. The standard InChI is InChI=1S/C14H31P.C4H12P.H2O3P/c1-2-3-4-5-6-7-8-9-10-11-12-13-14-15;1-5(2,3)4;1-4(2)3/h2-15H2,1H3;1-4H3;1-2H/q;+1;-1. The lowest BCUT2D eigenvalue weighted by Crippen LogP contribution is -1.87. The lowest BCUT2D eigenvalue weighted by Gasteiger charge is -2.01. The van der Waals surface area contributed by atoms with Crippen molar-refractivity contribution in [2.75, 3.05) is 32.8 Å². The summed E-state index contributed by atoms with van der Waals surface area (Å²) in [4.78, 5) is 22.9. The van der Waals surface area contributed by atoms with Gasteiger partial charge >= 0.3 is 0 Å². The topological polar surface area (TPSA) is 63.5 Å². The van der Waals surface area contributed by atoms with Crippen LogP contribution in [-0.2, 0) is 0 Å². The van der Waals surface area contributed by atoms with E-state index in [1.165, 1.54) is 83.2 Å². The van der Waals surface area contributed by atoms with Gasteiger partial charge in [0, 0.05) is 33.9 Å². The largest absolute Gasteiger partial charge is 0.786 e. The first-order valence-electron chi connectivity index (χ1n) is 9.49. The molecule has 0 radical (unpaired) electrons. The Labute approximate surface area is 157 Å². The van der Waals surface area contributed by atoms with Crippen LogP contribution in [0.4, 0.5) is 0 Å². The predicted molar refractivity (Wildman–Crippen MR) is 118 cm³/mol. The lowest BCUT2D eigenvalue weighted by molar-refractivity contribution is -0.193. The summed E-state index contributed by atoms with van der Waals surface area (Å²) < 4.78 is 0. The first-order valence-corrected chi connectivity index (χ1v) is 15.0. The Morgan fingerprint density at radius 2 is 0.917 bits per heavy atom. The molecule has 24 heavy (non-hydrogen) atoms. The van der Waals surface area contributed by atoms with Gasteiger partial charge in [-0.2, -0.15) is 0 Å². The Kier molecular flexibility index (Phi) is 30.1. The molecule has 0 aromatic heterocycles. The Morgan fingerprint density at radius 1 is 0.708 bits per heavy atom. The second-order valence-electron chi connectivity index (χ2n) is 7.61. The van der Waals surface area contributed by atoms with E-state index in [4.69, 9.17) is 14.7 Å². The number of hydrogen-bond acceptors (Lipinski definition) is 3. The maximum absolute atomic E-state index is 8.70. The van der Waals surface area contributed by atoms with E-state index in [1.54, 1.807) is 0 Å². The molecule has 2 N–H and O–H groups in total. The Bertz CT molecular complexity index is 189. The molecule has 0 rings (SSSR count). The fourth-order valence-electron chi connectivity index (χ4n) is 1.99. The number of unbranched alkanes of at least 4 members (excludes halogenated alkanes) is 11. The van der Waals surface area contributed by atoms with E-state index in [-0.39, 0.29) is 7.26 Å². The van der Waals surface area contributed by atoms with Crippen molar-refractivity contribution in [3.8, 4) is 0 Å². The minimum atomic E-state index is -2.87. The van der Waals surface area contributed by atoms with E-state index in [9.17, 15) is 0 Å². The van der Waals surface area contributed by atoms with Crippen molar-refractivity contribution >= 4 is 25.1 Å². The van der Waals surface area contributed by atoms with Crippen molar-refractivity contribution in [1.82, 2.24) is 0 Å². The molecule has 0 aliphatic heterocycles. The van der Waals surface area contributed by atoms with Gasteiger partial charge in [0.15, 0.2) is 0 Å². The normalized spacial score (nSPS) is 10.8. The first kappa shape index (κ1) is 29.9. The fraction of sp³-hybridized carbons (Fsp3) is 1.00. The second kappa shape index (κ2) is 24.2. The summed E-state index contributed by atoms with van der Waals surface area (Å²) in [7, 11) is -0.444. The van der Waals surface area contributed by atoms with Crippen molar-refractivity contribution < 1.29 is 14.7 Å². The molecule has 3 nitrogen and oxygen atoms in total. The van der Waals surface area contributed by atoms with Crippen LogP contribution in [0.3, 0.4) is 0 Å². The third-order valence-electron chi connectivity index (χ3n) is 3.06. The van der Waals surface area contributed by atoms with Crippen LogP contribution >= 0.6 is 25.1 Å². The molecule has 6 heteroatoms. The third-order valence-corrected chi connectivity index (χ3v) is 3.47. The summed E-state index contributed by atoms with van der Waals surface area (Å²) in [6, 6.07) is 0. The number of hydrogen-bond donors (Lipinski definition) is 2. The van der Waals surface area contributed by atoms with Crippen molar-refractivity contribution in [1.29, 1.82) is 0 Å². The van der Waals surface area contributed by atoms with Crippen molar-refractivity contribution in [3.63, 3.8) is 0 Å². The highest BCUT2D eigenvalue weighted by Crippen LogP contribution is 2.40. The molecule has 0 aromatic rings. The predicted octanol–water partition coefficient (Wildman–Crippen LogP) is 5.64. The summed E-state index contributed by atoms with van der Waals surface area (Å²) in [6.45, 7) is 11.5. The van der Waals surface area contributed by atoms with E-state index in [1.807, 2.05) is 0 Å². The Balaban J connectivity index is -0.000000402. The molecule has 150 valence electrons. The van der Waals surface area contributed by atoms with E-state index < -0.39 is 8.60 Å². The molecule has 0 saturated heterocycles. The van der Waals surface area contributed by atoms with Gasteiger partial charge in [-0.3, -0.25) is 0 Å². The maximum Gasteiger partial charge on any atom is 0.0755 e. The molecular weight excluding hydrogens is 357 g/mol. The number of rotatable bonds is 12. The molecular formula is C18H45O3P3. The van der Waals surface area contributed by atoms with E-state index in [0.29, 0.717) is 0 Å². The summed E-state index contributed by atoms with van der Waals surface area (Å²) >= 11 is 0. The van der Waals surface area contributed by atoms with E-state index >= 15 is 0 Å². The molecule has 0 amide bonds. The van der Waals surface area contributed by atoms with Crippen molar-refractivity contribution in [2.24, 2.45) is 0 Å². The molecule has 0 aromatic carbocycles. The monoisotopic (exact) mass is 402 g/mol. The van der Waals surface area contributed by atoms with E-state index in [0.717, 1.165) is 0 Å². The molecule has 0 aliphatic rings. The van der Waals surface area contributed by atoms with Gasteiger partial charge in [0.1, 0.15) is 0 Å². The molecule has 0 fully saturated rings. The van der Waals surface area contributed by atoms with Crippen LogP contribution in [0.15, 0.2) is 0 Å². The molecule has 0 spiro atoms. The molecule has 1 atom stereocenters. The van der Waals surface area contributed by atoms with Gasteiger partial charge in [0.25, 0.3) is 0 Å². The second-order valence-corrected chi connectivity index (χ2v) is 14.1. The van der Waals surface area contributed by atoms with Gasteiger partial charge < -0.3 is 14.7 Å². The highest BCUT2D eigenvalue weighted by molar-refractivity contribution is 7.73. The van der Waals surface area contributed by atoms with Crippen LogP contribution in [0.25, 0.3) is 0 Å². The SMILES string of the molecule is CCCCCCCCCCCCCCP.C[P+](C)(C)C.[O-]P(O)O. The summed E-state index contributed by atoms with van der Waals surface area (Å²) in [5.74, 6) is 0. The van der Waals surface area contributed by atoms with Crippen LogP contribution in [0.1, 0.15) is 84.0 Å². The van der Waals surface area contributed by atoms with Crippen molar-refractivity contribution in [3.05, 3.63) is 0 Å². The van der Waals surface area contributed by atoms with Gasteiger partial charge in [0.2, 0.25) is 0 Å². The minimum absolute atomic E-state index is 0.389. The van der Waals surface area contributed by atoms with Gasteiger partial charge in [-0.1, -0.05) is 77.6 Å². The zero-order valence-electron chi connectivity index (χ0n) is 17.0. The zero-order valence-corrected chi connectivity index (χ0v) is 19.9. The first-order chi connectivity index (χ1) is 11.1. The van der Waals surface area contributed by atoms with Crippen LogP contribution in [-0.4, -0.2) is 42.6 Å². The van der Waals surface area contributed by atoms with Gasteiger partial charge in [-0.25, -0.2) is 0 Å². The highest BCUT2D eigenvalue weighted by Gasteiger charge is 2.03.